The van der Waals surface area contributed by atoms with Gasteiger partial charge in [0.25, 0.3) is 11.1 Å². The molecule has 0 bridgehead atoms. The third-order valence-electron chi connectivity index (χ3n) is 2.56. The zero-order chi connectivity index (χ0) is 15.4. The highest BCUT2D eigenvalue weighted by Gasteiger charge is 2.12. The Morgan fingerprint density at radius 2 is 2.09 bits per heavy atom. The van der Waals surface area contributed by atoms with Gasteiger partial charge in [-0.2, -0.15) is 4.37 Å². The van der Waals surface area contributed by atoms with E-state index in [2.05, 4.69) is 19.6 Å². The molecule has 0 atom stereocenters. The van der Waals surface area contributed by atoms with Crippen molar-refractivity contribution >= 4 is 34.9 Å². The van der Waals surface area contributed by atoms with Gasteiger partial charge in [0, 0.05) is 23.2 Å². The van der Waals surface area contributed by atoms with E-state index in [0.29, 0.717) is 21.9 Å². The minimum atomic E-state index is 0.200. The van der Waals surface area contributed by atoms with Crippen LogP contribution in [0.15, 0.2) is 38.2 Å². The fourth-order valence-electron chi connectivity index (χ4n) is 1.51. The first-order chi connectivity index (χ1) is 10.7. The van der Waals surface area contributed by atoms with Crippen LogP contribution in [-0.4, -0.2) is 19.6 Å². The largest absolute Gasteiger partial charge is 0.484 e. The normalized spacial score (nSPS) is 10.8. The summed E-state index contributed by atoms with van der Waals surface area (Å²) in [6.45, 7) is 2.21. The molecule has 3 aromatic rings. The van der Waals surface area contributed by atoms with Gasteiger partial charge >= 0.3 is 0 Å². The molecule has 0 saturated heterocycles. The summed E-state index contributed by atoms with van der Waals surface area (Å²) in [6, 6.07) is 7.07. The van der Waals surface area contributed by atoms with Gasteiger partial charge < -0.3 is 9.15 Å². The third-order valence-corrected chi connectivity index (χ3v) is 4.45. The SMILES string of the molecule is CCc1nsc(Sc2nnc(COc3ccc(Cl)cc3)o2)n1. The van der Waals surface area contributed by atoms with Crippen molar-refractivity contribution in [3.63, 3.8) is 0 Å². The fourth-order valence-corrected chi connectivity index (χ4v) is 3.13. The molecule has 0 aliphatic rings. The number of aromatic nitrogens is 4. The summed E-state index contributed by atoms with van der Waals surface area (Å²) in [6.07, 6.45) is 0.807. The molecule has 1 aromatic carbocycles. The lowest BCUT2D eigenvalue weighted by atomic mass is 10.3. The van der Waals surface area contributed by atoms with E-state index >= 15 is 0 Å². The van der Waals surface area contributed by atoms with E-state index in [-0.39, 0.29) is 6.61 Å². The topological polar surface area (TPSA) is 73.9 Å². The van der Waals surface area contributed by atoms with Crippen molar-refractivity contribution in [2.24, 2.45) is 0 Å². The van der Waals surface area contributed by atoms with Crippen LogP contribution in [-0.2, 0) is 13.0 Å². The molecule has 2 heterocycles. The first kappa shape index (κ1) is 15.3. The molecule has 0 fully saturated rings. The lowest BCUT2D eigenvalue weighted by Gasteiger charge is -2.02. The van der Waals surface area contributed by atoms with Gasteiger partial charge in [-0.3, -0.25) is 0 Å². The van der Waals surface area contributed by atoms with E-state index < -0.39 is 0 Å². The van der Waals surface area contributed by atoms with E-state index in [4.69, 9.17) is 20.8 Å². The third kappa shape index (κ3) is 3.96. The van der Waals surface area contributed by atoms with Crippen molar-refractivity contribution in [3.05, 3.63) is 41.0 Å². The van der Waals surface area contributed by atoms with Gasteiger partial charge in [0.15, 0.2) is 10.9 Å². The van der Waals surface area contributed by atoms with Crippen molar-refractivity contribution in [1.29, 1.82) is 0 Å². The zero-order valence-electron chi connectivity index (χ0n) is 11.5. The number of nitrogens with zero attached hydrogens (tertiary/aromatic N) is 4. The van der Waals surface area contributed by atoms with Gasteiger partial charge in [-0.05, 0) is 35.8 Å². The van der Waals surface area contributed by atoms with Crippen molar-refractivity contribution in [2.45, 2.75) is 29.5 Å². The molecule has 0 spiro atoms. The quantitative estimate of drug-likeness (QED) is 0.665. The van der Waals surface area contributed by atoms with E-state index in [1.54, 1.807) is 24.3 Å². The molecular formula is C13H11ClN4O2S2. The average Bonchev–Trinajstić information content (AvgIpc) is 3.16. The molecule has 2 aromatic heterocycles. The molecule has 0 aliphatic carbocycles. The molecule has 114 valence electrons. The molecule has 0 aliphatic heterocycles. The van der Waals surface area contributed by atoms with Gasteiger partial charge in [0.05, 0.1) is 0 Å². The molecule has 0 saturated carbocycles. The number of hydrogen-bond donors (Lipinski definition) is 0. The Labute approximate surface area is 140 Å². The Morgan fingerprint density at radius 3 is 2.82 bits per heavy atom. The number of halogens is 1. The molecule has 22 heavy (non-hydrogen) atoms. The van der Waals surface area contributed by atoms with Crippen LogP contribution in [0.3, 0.4) is 0 Å². The molecule has 0 radical (unpaired) electrons. The first-order valence-electron chi connectivity index (χ1n) is 6.44. The van der Waals surface area contributed by atoms with Crippen LogP contribution in [0.25, 0.3) is 0 Å². The Balaban J connectivity index is 1.57. The van der Waals surface area contributed by atoms with E-state index in [9.17, 15) is 0 Å². The van der Waals surface area contributed by atoms with Crippen LogP contribution < -0.4 is 4.74 Å². The Kier molecular flexibility index (Phi) is 4.91. The smallest absolute Gasteiger partial charge is 0.283 e. The van der Waals surface area contributed by atoms with Crippen LogP contribution in [0.4, 0.5) is 0 Å². The highest BCUT2D eigenvalue weighted by atomic mass is 35.5. The van der Waals surface area contributed by atoms with Gasteiger partial charge in [0.1, 0.15) is 11.6 Å². The predicted molar refractivity (Wildman–Crippen MR) is 83.5 cm³/mol. The summed E-state index contributed by atoms with van der Waals surface area (Å²) in [4.78, 5) is 4.33. The average molecular weight is 355 g/mol. The lowest BCUT2D eigenvalue weighted by Crippen LogP contribution is -1.95. The Bertz CT molecular complexity index is 745. The summed E-state index contributed by atoms with van der Waals surface area (Å²) in [5.74, 6) is 1.91. The van der Waals surface area contributed by atoms with E-state index in [0.717, 1.165) is 16.6 Å². The molecule has 0 amide bonds. The number of ether oxygens (including phenoxy) is 1. The highest BCUT2D eigenvalue weighted by molar-refractivity contribution is 8.00. The zero-order valence-corrected chi connectivity index (χ0v) is 13.9. The summed E-state index contributed by atoms with van der Waals surface area (Å²) in [5.41, 5.74) is 0. The molecule has 6 nitrogen and oxygen atoms in total. The molecule has 9 heteroatoms. The second-order valence-corrected chi connectivity index (χ2v) is 6.52. The standard InChI is InChI=1S/C13H11ClN4O2S2/c1-2-10-15-13(22-18-10)21-12-17-16-11(20-12)7-19-9-5-3-8(14)4-6-9/h3-6H,2,7H2,1H3. The lowest BCUT2D eigenvalue weighted by molar-refractivity contribution is 0.252. The van der Waals surface area contributed by atoms with Crippen LogP contribution in [0.1, 0.15) is 18.6 Å². The Hall–Kier alpha value is -1.64. The van der Waals surface area contributed by atoms with Crippen molar-refractivity contribution < 1.29 is 9.15 Å². The first-order valence-corrected chi connectivity index (χ1v) is 8.41. The molecular weight excluding hydrogens is 344 g/mol. The minimum Gasteiger partial charge on any atom is -0.484 e. The summed E-state index contributed by atoms with van der Waals surface area (Å²) in [7, 11) is 0. The molecule has 0 N–H and O–H groups in total. The maximum Gasteiger partial charge on any atom is 0.283 e. The van der Waals surface area contributed by atoms with Crippen LogP contribution in [0, 0.1) is 0 Å². The van der Waals surface area contributed by atoms with Crippen molar-refractivity contribution in [2.75, 3.05) is 0 Å². The van der Waals surface area contributed by atoms with Crippen molar-refractivity contribution in [1.82, 2.24) is 19.6 Å². The second-order valence-electron chi connectivity index (χ2n) is 4.14. The van der Waals surface area contributed by atoms with Crippen LogP contribution in [0.5, 0.6) is 5.75 Å². The van der Waals surface area contributed by atoms with Crippen LogP contribution in [0.2, 0.25) is 5.02 Å². The summed E-state index contributed by atoms with van der Waals surface area (Å²) < 4.78 is 16.0. The van der Waals surface area contributed by atoms with Gasteiger partial charge in [-0.15, -0.1) is 10.2 Å². The number of rotatable bonds is 6. The van der Waals surface area contributed by atoms with Crippen LogP contribution >= 0.6 is 34.9 Å². The molecule has 3 rings (SSSR count). The van der Waals surface area contributed by atoms with Crippen molar-refractivity contribution in [3.8, 4) is 5.75 Å². The monoisotopic (exact) mass is 354 g/mol. The highest BCUT2D eigenvalue weighted by Crippen LogP contribution is 2.28. The van der Waals surface area contributed by atoms with E-state index in [1.807, 2.05) is 6.92 Å². The summed E-state index contributed by atoms with van der Waals surface area (Å²) in [5, 5.41) is 8.98. The Morgan fingerprint density at radius 1 is 1.27 bits per heavy atom. The predicted octanol–water partition coefficient (Wildman–Crippen LogP) is 3.87. The second kappa shape index (κ2) is 7.08. The van der Waals surface area contributed by atoms with Gasteiger partial charge in [0.2, 0.25) is 0 Å². The summed E-state index contributed by atoms with van der Waals surface area (Å²) >= 11 is 8.43. The van der Waals surface area contributed by atoms with E-state index in [1.165, 1.54) is 23.3 Å². The van der Waals surface area contributed by atoms with Gasteiger partial charge in [-0.1, -0.05) is 18.5 Å². The number of aryl methyl sites for hydroxylation is 1. The fraction of sp³-hybridized carbons (Fsp3) is 0.231. The number of benzene rings is 1. The maximum absolute atomic E-state index is 5.81. The maximum atomic E-state index is 5.81. The molecule has 0 unspecified atom stereocenters. The van der Waals surface area contributed by atoms with Gasteiger partial charge in [-0.25, -0.2) is 4.98 Å². The minimum absolute atomic E-state index is 0.200. The number of hydrogen-bond acceptors (Lipinski definition) is 8.